The van der Waals surface area contributed by atoms with Crippen LogP contribution in [0.15, 0.2) is 18.2 Å². The van der Waals surface area contributed by atoms with E-state index in [2.05, 4.69) is 33.0 Å². The summed E-state index contributed by atoms with van der Waals surface area (Å²) in [4.78, 5) is 10.8. The number of hydrogen-bond donors (Lipinski definition) is 1. The summed E-state index contributed by atoms with van der Waals surface area (Å²) < 4.78 is 0. The van der Waals surface area contributed by atoms with Crippen molar-refractivity contribution in [1.29, 1.82) is 0 Å². The van der Waals surface area contributed by atoms with E-state index in [1.165, 1.54) is 12.8 Å². The number of nitrogens with zero attached hydrogens (tertiary/aromatic N) is 1. The molecule has 0 aromatic heterocycles. The fourth-order valence-corrected chi connectivity index (χ4v) is 4.31. The highest BCUT2D eigenvalue weighted by Gasteiger charge is 2.47. The van der Waals surface area contributed by atoms with Gasteiger partial charge >= 0.3 is 0 Å². The number of benzene rings is 1. The van der Waals surface area contributed by atoms with Gasteiger partial charge in [0.05, 0.1) is 4.92 Å². The van der Waals surface area contributed by atoms with E-state index in [0.29, 0.717) is 17.4 Å². The maximum Gasteiger partial charge on any atom is 0.269 e. The standard InChI is InChI=1S/C17H24N2O2/c1-16(2)8-7-12-15(10-16)18-14-6-5-11(19(20)21)9-13(14)17(12,3)4/h5-6,9,12,15,18H,7-8,10H2,1-4H3/t12-,15-/m0/s1. The molecule has 4 heteroatoms. The Kier molecular flexibility index (Phi) is 3.05. The molecule has 1 fully saturated rings. The van der Waals surface area contributed by atoms with Gasteiger partial charge in [-0.3, -0.25) is 10.1 Å². The van der Waals surface area contributed by atoms with Gasteiger partial charge < -0.3 is 5.32 Å². The molecule has 0 radical (unpaired) electrons. The first kappa shape index (κ1) is 14.4. The van der Waals surface area contributed by atoms with Gasteiger partial charge in [0, 0.05) is 23.9 Å². The van der Waals surface area contributed by atoms with Crippen LogP contribution < -0.4 is 5.32 Å². The quantitative estimate of drug-likeness (QED) is 0.611. The van der Waals surface area contributed by atoms with Crippen LogP contribution in [0, 0.1) is 21.4 Å². The summed E-state index contributed by atoms with van der Waals surface area (Å²) in [6, 6.07) is 5.72. The molecular formula is C17H24N2O2. The Morgan fingerprint density at radius 1 is 1.29 bits per heavy atom. The molecule has 0 saturated heterocycles. The van der Waals surface area contributed by atoms with E-state index in [9.17, 15) is 10.1 Å². The third-order valence-corrected chi connectivity index (χ3v) is 5.57. The molecule has 0 bridgehead atoms. The first-order valence-corrected chi connectivity index (χ1v) is 7.76. The topological polar surface area (TPSA) is 55.2 Å². The minimum Gasteiger partial charge on any atom is -0.382 e. The van der Waals surface area contributed by atoms with Gasteiger partial charge in [-0.15, -0.1) is 0 Å². The zero-order valence-electron chi connectivity index (χ0n) is 13.3. The third-order valence-electron chi connectivity index (χ3n) is 5.57. The predicted octanol–water partition coefficient (Wildman–Crippen LogP) is 4.49. The van der Waals surface area contributed by atoms with Gasteiger partial charge in [0.2, 0.25) is 0 Å². The molecule has 2 aliphatic rings. The zero-order valence-corrected chi connectivity index (χ0v) is 13.3. The van der Waals surface area contributed by atoms with E-state index in [1.807, 2.05) is 6.07 Å². The summed E-state index contributed by atoms with van der Waals surface area (Å²) in [7, 11) is 0. The van der Waals surface area contributed by atoms with Gasteiger partial charge in [0.1, 0.15) is 0 Å². The lowest BCUT2D eigenvalue weighted by Crippen LogP contribution is -2.50. The Morgan fingerprint density at radius 2 is 2.00 bits per heavy atom. The lowest BCUT2D eigenvalue weighted by atomic mass is 9.58. The van der Waals surface area contributed by atoms with E-state index in [4.69, 9.17) is 0 Å². The highest BCUT2D eigenvalue weighted by atomic mass is 16.6. The Bertz CT molecular complexity index is 592. The van der Waals surface area contributed by atoms with Crippen molar-refractivity contribution >= 4 is 11.4 Å². The molecule has 0 spiro atoms. The van der Waals surface area contributed by atoms with Crippen molar-refractivity contribution in [2.45, 2.75) is 58.4 Å². The highest BCUT2D eigenvalue weighted by Crippen LogP contribution is 2.52. The first-order chi connectivity index (χ1) is 9.71. The van der Waals surface area contributed by atoms with Crippen LogP contribution in [0.2, 0.25) is 0 Å². The average Bonchev–Trinajstić information content (AvgIpc) is 2.36. The van der Waals surface area contributed by atoms with Crippen LogP contribution in [0.5, 0.6) is 0 Å². The molecule has 1 N–H and O–H groups in total. The second-order valence-electron chi connectivity index (χ2n) is 7.97. The zero-order chi connectivity index (χ0) is 15.4. The number of nitro groups is 1. The SMILES string of the molecule is CC1(C)CC[C@H]2[C@H](C1)Nc1ccc([N+](=O)[O-])cc1C2(C)C. The summed E-state index contributed by atoms with van der Waals surface area (Å²) in [6.45, 7) is 9.16. The van der Waals surface area contributed by atoms with Crippen molar-refractivity contribution in [1.82, 2.24) is 0 Å². The van der Waals surface area contributed by atoms with Crippen LogP contribution in [0.3, 0.4) is 0 Å². The van der Waals surface area contributed by atoms with Crippen molar-refractivity contribution in [3.63, 3.8) is 0 Å². The van der Waals surface area contributed by atoms with Crippen LogP contribution >= 0.6 is 0 Å². The van der Waals surface area contributed by atoms with Crippen LogP contribution in [0.1, 0.15) is 52.5 Å². The van der Waals surface area contributed by atoms with Gasteiger partial charge in [-0.2, -0.15) is 0 Å². The second-order valence-corrected chi connectivity index (χ2v) is 7.97. The second kappa shape index (κ2) is 4.46. The molecule has 114 valence electrons. The Balaban J connectivity index is 2.04. The lowest BCUT2D eigenvalue weighted by Gasteiger charge is -2.52. The Hall–Kier alpha value is -1.58. The minimum absolute atomic E-state index is 0.0201. The fourth-order valence-electron chi connectivity index (χ4n) is 4.31. The molecule has 21 heavy (non-hydrogen) atoms. The number of rotatable bonds is 1. The number of fused-ring (bicyclic) bond motifs is 2. The highest BCUT2D eigenvalue weighted by molar-refractivity contribution is 5.62. The third kappa shape index (κ3) is 2.30. The molecule has 0 unspecified atom stereocenters. The number of nitrogens with one attached hydrogen (secondary N) is 1. The molecule has 1 aliphatic carbocycles. The average molecular weight is 288 g/mol. The summed E-state index contributed by atoms with van der Waals surface area (Å²) in [6.07, 6.45) is 3.57. The molecule has 4 nitrogen and oxygen atoms in total. The largest absolute Gasteiger partial charge is 0.382 e. The van der Waals surface area contributed by atoms with Crippen molar-refractivity contribution in [3.05, 3.63) is 33.9 Å². The fraction of sp³-hybridized carbons (Fsp3) is 0.647. The first-order valence-electron chi connectivity index (χ1n) is 7.76. The maximum absolute atomic E-state index is 11.1. The molecule has 1 heterocycles. The Labute approximate surface area is 126 Å². The summed E-state index contributed by atoms with van der Waals surface area (Å²) in [5.41, 5.74) is 2.72. The lowest BCUT2D eigenvalue weighted by molar-refractivity contribution is -0.385. The summed E-state index contributed by atoms with van der Waals surface area (Å²) >= 11 is 0. The van der Waals surface area contributed by atoms with E-state index >= 15 is 0 Å². The molecule has 1 aromatic carbocycles. The monoisotopic (exact) mass is 288 g/mol. The van der Waals surface area contributed by atoms with Gasteiger partial charge in [-0.1, -0.05) is 27.7 Å². The molecule has 1 aromatic rings. The molecular weight excluding hydrogens is 264 g/mol. The van der Waals surface area contributed by atoms with Crippen LogP contribution in [0.25, 0.3) is 0 Å². The van der Waals surface area contributed by atoms with E-state index in [-0.39, 0.29) is 16.0 Å². The minimum atomic E-state index is -0.299. The van der Waals surface area contributed by atoms with Crippen molar-refractivity contribution in [2.75, 3.05) is 5.32 Å². The number of non-ortho nitro benzene ring substituents is 1. The van der Waals surface area contributed by atoms with Gasteiger partial charge in [-0.25, -0.2) is 0 Å². The molecule has 3 rings (SSSR count). The van der Waals surface area contributed by atoms with Crippen molar-refractivity contribution < 1.29 is 4.92 Å². The van der Waals surface area contributed by atoms with Gasteiger partial charge in [0.25, 0.3) is 5.69 Å². The van der Waals surface area contributed by atoms with Gasteiger partial charge in [-0.05, 0) is 47.6 Å². The van der Waals surface area contributed by atoms with Crippen molar-refractivity contribution in [2.24, 2.45) is 11.3 Å². The smallest absolute Gasteiger partial charge is 0.269 e. The summed E-state index contributed by atoms with van der Waals surface area (Å²) in [5, 5.41) is 14.7. The predicted molar refractivity (Wildman–Crippen MR) is 84.7 cm³/mol. The maximum atomic E-state index is 11.1. The normalized spacial score (nSPS) is 29.0. The Morgan fingerprint density at radius 3 is 2.67 bits per heavy atom. The van der Waals surface area contributed by atoms with Crippen LogP contribution in [-0.4, -0.2) is 11.0 Å². The van der Waals surface area contributed by atoms with E-state index in [0.717, 1.165) is 17.7 Å². The van der Waals surface area contributed by atoms with Crippen molar-refractivity contribution in [3.8, 4) is 0 Å². The number of anilines is 1. The van der Waals surface area contributed by atoms with E-state index in [1.54, 1.807) is 12.1 Å². The molecule has 1 saturated carbocycles. The van der Waals surface area contributed by atoms with Crippen LogP contribution in [-0.2, 0) is 5.41 Å². The molecule has 1 aliphatic heterocycles. The number of hydrogen-bond acceptors (Lipinski definition) is 3. The number of nitro benzene ring substituents is 1. The summed E-state index contributed by atoms with van der Waals surface area (Å²) in [5.74, 6) is 0.542. The van der Waals surface area contributed by atoms with E-state index < -0.39 is 0 Å². The molecule has 2 atom stereocenters. The van der Waals surface area contributed by atoms with Crippen LogP contribution in [0.4, 0.5) is 11.4 Å². The molecule has 0 amide bonds. The van der Waals surface area contributed by atoms with Gasteiger partial charge in [0.15, 0.2) is 0 Å².